The van der Waals surface area contributed by atoms with Crippen molar-refractivity contribution in [3.8, 4) is 17.1 Å². The monoisotopic (exact) mass is 259 g/mol. The lowest BCUT2D eigenvalue weighted by Gasteiger charge is -2.25. The molecule has 0 amide bonds. The summed E-state index contributed by atoms with van der Waals surface area (Å²) in [6.07, 6.45) is 0.829. The minimum absolute atomic E-state index is 0.327. The van der Waals surface area contributed by atoms with Crippen LogP contribution in [0, 0.1) is 19.8 Å². The fourth-order valence-electron chi connectivity index (χ4n) is 2.28. The number of aromatic hydroxyl groups is 1. The van der Waals surface area contributed by atoms with Crippen molar-refractivity contribution in [3.63, 3.8) is 0 Å². The fraction of sp³-hybridized carbons (Fsp3) is 0.429. The fourth-order valence-corrected chi connectivity index (χ4v) is 2.28. The van der Waals surface area contributed by atoms with Crippen LogP contribution in [0.1, 0.15) is 17.0 Å². The van der Waals surface area contributed by atoms with Crippen LogP contribution >= 0.6 is 0 Å². The third-order valence-corrected chi connectivity index (χ3v) is 3.55. The second kappa shape index (κ2) is 4.66. The van der Waals surface area contributed by atoms with E-state index >= 15 is 0 Å². The number of hydrogen-bond donors (Lipinski definition) is 2. The van der Waals surface area contributed by atoms with Crippen molar-refractivity contribution < 1.29 is 9.63 Å². The third-order valence-electron chi connectivity index (χ3n) is 3.55. The minimum atomic E-state index is 0.327. The van der Waals surface area contributed by atoms with Crippen LogP contribution in [0.4, 0.5) is 0 Å². The van der Waals surface area contributed by atoms with E-state index in [2.05, 4.69) is 15.5 Å². The summed E-state index contributed by atoms with van der Waals surface area (Å²) in [6, 6.07) is 3.75. The Morgan fingerprint density at radius 1 is 1.32 bits per heavy atom. The summed E-state index contributed by atoms with van der Waals surface area (Å²) in [6.45, 7) is 5.78. The molecule has 1 fully saturated rings. The van der Waals surface area contributed by atoms with E-state index in [4.69, 9.17) is 4.52 Å². The Kier molecular flexibility index (Phi) is 2.98. The van der Waals surface area contributed by atoms with Crippen LogP contribution in [0.25, 0.3) is 11.4 Å². The molecular formula is C14H17N3O2. The molecule has 2 heterocycles. The van der Waals surface area contributed by atoms with E-state index in [0.717, 1.165) is 36.2 Å². The summed E-state index contributed by atoms with van der Waals surface area (Å²) in [7, 11) is 0. The van der Waals surface area contributed by atoms with Gasteiger partial charge in [-0.2, -0.15) is 4.98 Å². The predicted molar refractivity (Wildman–Crippen MR) is 70.9 cm³/mol. The van der Waals surface area contributed by atoms with Gasteiger partial charge in [-0.15, -0.1) is 0 Å². The van der Waals surface area contributed by atoms with Gasteiger partial charge in [0.15, 0.2) is 0 Å². The molecule has 5 nitrogen and oxygen atoms in total. The number of phenols is 1. The molecule has 2 aromatic rings. The molecule has 5 heteroatoms. The van der Waals surface area contributed by atoms with Crippen molar-refractivity contribution in [3.05, 3.63) is 29.2 Å². The van der Waals surface area contributed by atoms with Gasteiger partial charge in [-0.05, 0) is 56.1 Å². The van der Waals surface area contributed by atoms with Crippen LogP contribution in [0.15, 0.2) is 16.7 Å². The van der Waals surface area contributed by atoms with E-state index in [-0.39, 0.29) is 0 Å². The zero-order valence-electron chi connectivity index (χ0n) is 11.1. The molecule has 19 heavy (non-hydrogen) atoms. The SMILES string of the molecule is Cc1cc(-c2noc(CC3CNC3)n2)cc(C)c1O. The highest BCUT2D eigenvalue weighted by molar-refractivity contribution is 5.60. The summed E-state index contributed by atoms with van der Waals surface area (Å²) in [5.41, 5.74) is 2.53. The highest BCUT2D eigenvalue weighted by atomic mass is 16.5. The molecule has 1 aliphatic heterocycles. The van der Waals surface area contributed by atoms with Gasteiger partial charge in [0, 0.05) is 12.0 Å². The van der Waals surface area contributed by atoms with E-state index < -0.39 is 0 Å². The summed E-state index contributed by atoms with van der Waals surface area (Å²) in [5, 5.41) is 17.0. The molecule has 0 aliphatic carbocycles. The van der Waals surface area contributed by atoms with E-state index in [1.54, 1.807) is 0 Å². The van der Waals surface area contributed by atoms with Crippen LogP contribution < -0.4 is 5.32 Å². The van der Waals surface area contributed by atoms with Gasteiger partial charge in [-0.3, -0.25) is 0 Å². The Morgan fingerprint density at radius 2 is 2.00 bits per heavy atom. The van der Waals surface area contributed by atoms with Gasteiger partial charge in [0.1, 0.15) is 5.75 Å². The lowest BCUT2D eigenvalue weighted by Crippen LogP contribution is -2.43. The first-order valence-electron chi connectivity index (χ1n) is 6.47. The van der Waals surface area contributed by atoms with Crippen LogP contribution in [-0.4, -0.2) is 28.3 Å². The first kappa shape index (κ1) is 12.2. The van der Waals surface area contributed by atoms with Crippen molar-refractivity contribution in [2.24, 2.45) is 5.92 Å². The number of rotatable bonds is 3. The van der Waals surface area contributed by atoms with Gasteiger partial charge in [-0.1, -0.05) is 5.16 Å². The average Bonchev–Trinajstić information content (AvgIpc) is 2.79. The quantitative estimate of drug-likeness (QED) is 0.879. The van der Waals surface area contributed by atoms with Crippen molar-refractivity contribution in [1.82, 2.24) is 15.5 Å². The van der Waals surface area contributed by atoms with E-state index in [0.29, 0.717) is 23.4 Å². The molecule has 0 radical (unpaired) electrons. The molecule has 0 atom stereocenters. The van der Waals surface area contributed by atoms with Gasteiger partial charge in [0.25, 0.3) is 0 Å². The maximum Gasteiger partial charge on any atom is 0.227 e. The molecule has 1 aromatic heterocycles. The molecule has 1 saturated heterocycles. The Morgan fingerprint density at radius 3 is 2.58 bits per heavy atom. The molecule has 100 valence electrons. The topological polar surface area (TPSA) is 71.2 Å². The van der Waals surface area contributed by atoms with Gasteiger partial charge in [-0.25, -0.2) is 0 Å². The smallest absolute Gasteiger partial charge is 0.227 e. The lowest BCUT2D eigenvalue weighted by atomic mass is 10.00. The summed E-state index contributed by atoms with van der Waals surface area (Å²) in [4.78, 5) is 4.43. The highest BCUT2D eigenvalue weighted by Crippen LogP contribution is 2.27. The first-order chi connectivity index (χ1) is 9.13. The maximum atomic E-state index is 9.77. The summed E-state index contributed by atoms with van der Waals surface area (Å²) in [5.74, 6) is 2.21. The summed E-state index contributed by atoms with van der Waals surface area (Å²) < 4.78 is 5.28. The molecule has 1 aromatic carbocycles. The molecular weight excluding hydrogens is 242 g/mol. The number of aromatic nitrogens is 2. The van der Waals surface area contributed by atoms with Crippen LogP contribution in [-0.2, 0) is 6.42 Å². The zero-order valence-corrected chi connectivity index (χ0v) is 11.1. The molecule has 3 rings (SSSR count). The predicted octanol–water partition coefficient (Wildman–Crippen LogP) is 1.82. The van der Waals surface area contributed by atoms with Crippen molar-refractivity contribution >= 4 is 0 Å². The van der Waals surface area contributed by atoms with Crippen molar-refractivity contribution in [1.29, 1.82) is 0 Å². The van der Waals surface area contributed by atoms with E-state index in [1.165, 1.54) is 0 Å². The van der Waals surface area contributed by atoms with Crippen molar-refractivity contribution in [2.75, 3.05) is 13.1 Å². The zero-order chi connectivity index (χ0) is 13.4. The number of nitrogens with zero attached hydrogens (tertiary/aromatic N) is 2. The summed E-state index contributed by atoms with van der Waals surface area (Å²) >= 11 is 0. The lowest BCUT2D eigenvalue weighted by molar-refractivity contribution is 0.296. The third kappa shape index (κ3) is 2.33. The maximum absolute atomic E-state index is 9.77. The average molecular weight is 259 g/mol. The number of phenolic OH excluding ortho intramolecular Hbond substituents is 1. The second-order valence-electron chi connectivity index (χ2n) is 5.20. The standard InChI is InChI=1S/C14H17N3O2/c1-8-3-11(4-9(2)13(8)18)14-16-12(19-17-14)5-10-6-15-7-10/h3-4,10,15,18H,5-7H2,1-2H3. The number of hydrogen-bond acceptors (Lipinski definition) is 5. The van der Waals surface area contributed by atoms with Gasteiger partial charge in [0.05, 0.1) is 0 Å². The van der Waals surface area contributed by atoms with E-state index in [1.807, 2.05) is 26.0 Å². The first-order valence-corrected chi connectivity index (χ1v) is 6.47. The van der Waals surface area contributed by atoms with Gasteiger partial charge in [0.2, 0.25) is 11.7 Å². The Hall–Kier alpha value is -1.88. The van der Waals surface area contributed by atoms with Gasteiger partial charge >= 0.3 is 0 Å². The van der Waals surface area contributed by atoms with Gasteiger partial charge < -0.3 is 14.9 Å². The second-order valence-corrected chi connectivity index (χ2v) is 5.20. The number of nitrogens with one attached hydrogen (secondary N) is 1. The van der Waals surface area contributed by atoms with Crippen molar-refractivity contribution in [2.45, 2.75) is 20.3 Å². The Bertz CT molecular complexity index is 579. The Balaban J connectivity index is 1.85. The molecule has 1 aliphatic rings. The minimum Gasteiger partial charge on any atom is -0.507 e. The molecule has 0 saturated carbocycles. The highest BCUT2D eigenvalue weighted by Gasteiger charge is 2.20. The molecule has 0 bridgehead atoms. The largest absolute Gasteiger partial charge is 0.507 e. The Labute approximate surface area is 111 Å². The number of aryl methyl sites for hydroxylation is 2. The molecule has 2 N–H and O–H groups in total. The van der Waals surface area contributed by atoms with Crippen LogP contribution in [0.3, 0.4) is 0 Å². The molecule has 0 unspecified atom stereocenters. The number of benzene rings is 1. The molecule has 0 spiro atoms. The normalized spacial score (nSPS) is 15.5. The van der Waals surface area contributed by atoms with Crippen LogP contribution in [0.2, 0.25) is 0 Å². The van der Waals surface area contributed by atoms with E-state index in [9.17, 15) is 5.11 Å². The van der Waals surface area contributed by atoms with Crippen LogP contribution in [0.5, 0.6) is 5.75 Å².